The number of carbonyl (C=O) groups excluding carboxylic acids is 1. The Balaban J connectivity index is 1.71. The summed E-state index contributed by atoms with van der Waals surface area (Å²) in [5.74, 6) is -0.432. The first-order valence-corrected chi connectivity index (χ1v) is 8.67. The lowest BCUT2D eigenvalue weighted by Crippen LogP contribution is -2.26. The molecule has 0 aromatic heterocycles. The third kappa shape index (κ3) is 6.85. The molecule has 1 atom stereocenters. The number of carbonyl (C=O) groups is 1. The Morgan fingerprint density at radius 1 is 1.04 bits per heavy atom. The molecule has 0 aliphatic carbocycles. The Morgan fingerprint density at radius 3 is 2.40 bits per heavy atom. The molecule has 2 aromatic carbocycles. The van der Waals surface area contributed by atoms with Crippen molar-refractivity contribution in [2.75, 3.05) is 30.3 Å². The number of rotatable bonds is 10. The summed E-state index contributed by atoms with van der Waals surface area (Å²) in [4.78, 5) is 12.0. The number of esters is 1. The van der Waals surface area contributed by atoms with Crippen LogP contribution < -0.4 is 10.6 Å². The molecule has 5 heteroatoms. The summed E-state index contributed by atoms with van der Waals surface area (Å²) in [5, 5.41) is 16.3. The minimum absolute atomic E-state index is 0.0465. The largest absolute Gasteiger partial charge is 0.459 e. The molecule has 134 valence electrons. The van der Waals surface area contributed by atoms with Crippen molar-refractivity contribution in [3.63, 3.8) is 0 Å². The molecule has 25 heavy (non-hydrogen) atoms. The third-order valence-electron chi connectivity index (χ3n) is 3.70. The summed E-state index contributed by atoms with van der Waals surface area (Å²) in [6, 6.07) is 16.7. The van der Waals surface area contributed by atoms with Crippen molar-refractivity contribution >= 4 is 17.3 Å². The molecule has 0 spiro atoms. The van der Waals surface area contributed by atoms with Gasteiger partial charge in [-0.1, -0.05) is 31.5 Å². The summed E-state index contributed by atoms with van der Waals surface area (Å²) in [5.41, 5.74) is 2.38. The Hall–Kier alpha value is -2.53. The van der Waals surface area contributed by atoms with Gasteiger partial charge in [-0.05, 0) is 42.8 Å². The number of ether oxygens (including phenoxy) is 1. The van der Waals surface area contributed by atoms with Crippen molar-refractivity contribution in [3.05, 3.63) is 60.2 Å². The summed E-state index contributed by atoms with van der Waals surface area (Å²) in [7, 11) is 0. The molecule has 0 fully saturated rings. The first-order valence-electron chi connectivity index (χ1n) is 8.67. The number of aliphatic hydroxyl groups is 1. The standard InChI is InChI=1S/C20H26N2O3/c1-2-3-13-21-18-11-9-16(10-12-18)20(24)25-15-19(23)14-22-17-7-5-4-6-8-17/h4-12,19,21-23H,2-3,13-15H2,1H3. The van der Waals surface area contributed by atoms with Gasteiger partial charge in [0.1, 0.15) is 12.7 Å². The van der Waals surface area contributed by atoms with Crippen molar-refractivity contribution < 1.29 is 14.6 Å². The molecule has 0 aliphatic heterocycles. The molecule has 1 unspecified atom stereocenters. The topological polar surface area (TPSA) is 70.6 Å². The van der Waals surface area contributed by atoms with Gasteiger partial charge < -0.3 is 20.5 Å². The van der Waals surface area contributed by atoms with Crippen LogP contribution in [0, 0.1) is 0 Å². The summed E-state index contributed by atoms with van der Waals surface area (Å²) < 4.78 is 5.17. The second kappa shape index (κ2) is 10.4. The summed E-state index contributed by atoms with van der Waals surface area (Å²) in [6.07, 6.45) is 1.48. The van der Waals surface area contributed by atoms with Gasteiger partial charge >= 0.3 is 5.97 Å². The van der Waals surface area contributed by atoms with Gasteiger partial charge in [0.15, 0.2) is 0 Å². The van der Waals surface area contributed by atoms with Crippen LogP contribution in [0.3, 0.4) is 0 Å². The van der Waals surface area contributed by atoms with E-state index < -0.39 is 12.1 Å². The Morgan fingerprint density at radius 2 is 1.72 bits per heavy atom. The van der Waals surface area contributed by atoms with Gasteiger partial charge in [-0.2, -0.15) is 0 Å². The van der Waals surface area contributed by atoms with E-state index in [-0.39, 0.29) is 6.61 Å². The molecule has 0 amide bonds. The van der Waals surface area contributed by atoms with Crippen LogP contribution in [0.2, 0.25) is 0 Å². The molecule has 0 saturated heterocycles. The lowest BCUT2D eigenvalue weighted by atomic mass is 10.2. The molecule has 0 heterocycles. The zero-order valence-corrected chi connectivity index (χ0v) is 14.6. The maximum Gasteiger partial charge on any atom is 0.338 e. The van der Waals surface area contributed by atoms with E-state index in [1.165, 1.54) is 0 Å². The van der Waals surface area contributed by atoms with Gasteiger partial charge in [0.25, 0.3) is 0 Å². The van der Waals surface area contributed by atoms with E-state index in [2.05, 4.69) is 17.6 Å². The van der Waals surface area contributed by atoms with Crippen LogP contribution in [0.25, 0.3) is 0 Å². The van der Waals surface area contributed by atoms with E-state index in [0.29, 0.717) is 12.1 Å². The molecule has 0 aliphatic rings. The highest BCUT2D eigenvalue weighted by molar-refractivity contribution is 5.89. The highest BCUT2D eigenvalue weighted by Gasteiger charge is 2.11. The molecule has 0 saturated carbocycles. The van der Waals surface area contributed by atoms with Gasteiger partial charge in [0.2, 0.25) is 0 Å². The first-order chi connectivity index (χ1) is 12.2. The number of nitrogens with one attached hydrogen (secondary N) is 2. The van der Waals surface area contributed by atoms with Crippen LogP contribution in [0.1, 0.15) is 30.1 Å². The number of benzene rings is 2. The molecule has 2 aromatic rings. The first kappa shape index (κ1) is 18.8. The number of aliphatic hydroxyl groups excluding tert-OH is 1. The number of hydrogen-bond acceptors (Lipinski definition) is 5. The summed E-state index contributed by atoms with van der Waals surface area (Å²) in [6.45, 7) is 3.33. The van der Waals surface area contributed by atoms with Gasteiger partial charge in [-0.3, -0.25) is 0 Å². The maximum absolute atomic E-state index is 12.0. The van der Waals surface area contributed by atoms with Crippen LogP contribution in [0.15, 0.2) is 54.6 Å². The molecular weight excluding hydrogens is 316 g/mol. The molecule has 2 rings (SSSR count). The number of para-hydroxylation sites is 1. The predicted molar refractivity (Wildman–Crippen MR) is 101 cm³/mol. The highest BCUT2D eigenvalue weighted by atomic mass is 16.5. The monoisotopic (exact) mass is 342 g/mol. The minimum atomic E-state index is -0.765. The highest BCUT2D eigenvalue weighted by Crippen LogP contribution is 2.11. The smallest absolute Gasteiger partial charge is 0.338 e. The fourth-order valence-electron chi connectivity index (χ4n) is 2.24. The molecular formula is C20H26N2O3. The van der Waals surface area contributed by atoms with E-state index in [1.54, 1.807) is 12.1 Å². The maximum atomic E-state index is 12.0. The number of unbranched alkanes of at least 4 members (excludes halogenated alkanes) is 1. The zero-order chi connectivity index (χ0) is 17.9. The van der Waals surface area contributed by atoms with Crippen molar-refractivity contribution in [1.29, 1.82) is 0 Å². The van der Waals surface area contributed by atoms with E-state index in [1.807, 2.05) is 42.5 Å². The van der Waals surface area contributed by atoms with E-state index in [9.17, 15) is 9.90 Å². The second-order valence-corrected chi connectivity index (χ2v) is 5.86. The number of hydrogen-bond donors (Lipinski definition) is 3. The lowest BCUT2D eigenvalue weighted by molar-refractivity contribution is 0.0285. The van der Waals surface area contributed by atoms with Crippen molar-refractivity contribution in [2.45, 2.75) is 25.9 Å². The van der Waals surface area contributed by atoms with Crippen LogP contribution >= 0.6 is 0 Å². The third-order valence-corrected chi connectivity index (χ3v) is 3.70. The molecule has 0 radical (unpaired) electrons. The predicted octanol–water partition coefficient (Wildman–Crippen LogP) is 3.53. The molecule has 5 nitrogen and oxygen atoms in total. The van der Waals surface area contributed by atoms with Crippen molar-refractivity contribution in [3.8, 4) is 0 Å². The van der Waals surface area contributed by atoms with E-state index in [4.69, 9.17) is 4.74 Å². The molecule has 3 N–H and O–H groups in total. The van der Waals surface area contributed by atoms with Gasteiger partial charge in [-0.25, -0.2) is 4.79 Å². The van der Waals surface area contributed by atoms with Gasteiger partial charge in [-0.15, -0.1) is 0 Å². The quantitative estimate of drug-likeness (QED) is 0.455. The van der Waals surface area contributed by atoms with Gasteiger partial charge in [0.05, 0.1) is 5.56 Å². The normalized spacial score (nSPS) is 11.6. The zero-order valence-electron chi connectivity index (χ0n) is 14.6. The SMILES string of the molecule is CCCCNc1ccc(C(=O)OCC(O)CNc2ccccc2)cc1. The Labute approximate surface area is 149 Å². The Kier molecular flexibility index (Phi) is 7.79. The van der Waals surface area contributed by atoms with Crippen LogP contribution in [0.5, 0.6) is 0 Å². The van der Waals surface area contributed by atoms with Crippen LogP contribution in [0.4, 0.5) is 11.4 Å². The molecule has 0 bridgehead atoms. The second-order valence-electron chi connectivity index (χ2n) is 5.86. The van der Waals surface area contributed by atoms with E-state index in [0.717, 1.165) is 30.8 Å². The summed E-state index contributed by atoms with van der Waals surface area (Å²) >= 11 is 0. The van der Waals surface area contributed by atoms with Crippen molar-refractivity contribution in [2.24, 2.45) is 0 Å². The van der Waals surface area contributed by atoms with Crippen LogP contribution in [-0.2, 0) is 4.74 Å². The van der Waals surface area contributed by atoms with Crippen molar-refractivity contribution in [1.82, 2.24) is 0 Å². The van der Waals surface area contributed by atoms with Gasteiger partial charge in [0, 0.05) is 24.5 Å². The fraction of sp³-hybridized carbons (Fsp3) is 0.350. The fourth-order valence-corrected chi connectivity index (χ4v) is 2.24. The average Bonchev–Trinajstić information content (AvgIpc) is 2.66. The average molecular weight is 342 g/mol. The Bertz CT molecular complexity index is 629. The number of anilines is 2. The van der Waals surface area contributed by atoms with Crippen LogP contribution in [-0.4, -0.2) is 36.9 Å². The minimum Gasteiger partial charge on any atom is -0.459 e. The van der Waals surface area contributed by atoms with E-state index >= 15 is 0 Å². The lowest BCUT2D eigenvalue weighted by Gasteiger charge is -2.13.